The number of morpholine rings is 1. The number of anilines is 2. The van der Waals surface area contributed by atoms with Crippen molar-refractivity contribution in [3.05, 3.63) is 64.7 Å². The van der Waals surface area contributed by atoms with Crippen molar-refractivity contribution in [1.82, 2.24) is 9.97 Å². The molecule has 0 aliphatic carbocycles. The van der Waals surface area contributed by atoms with Gasteiger partial charge < -0.3 is 19.7 Å². The van der Waals surface area contributed by atoms with Crippen molar-refractivity contribution in [2.45, 2.75) is 6.61 Å². The van der Waals surface area contributed by atoms with Crippen LogP contribution in [0, 0.1) is 0 Å². The summed E-state index contributed by atoms with van der Waals surface area (Å²) in [7, 11) is 0. The number of nitrogens with one attached hydrogen (secondary N) is 1. The first-order chi connectivity index (χ1) is 13.8. The lowest BCUT2D eigenvalue weighted by Crippen LogP contribution is -2.36. The van der Waals surface area contributed by atoms with Gasteiger partial charge >= 0.3 is 0 Å². The van der Waals surface area contributed by atoms with Crippen LogP contribution >= 0.6 is 11.3 Å². The fourth-order valence-electron chi connectivity index (χ4n) is 2.89. The van der Waals surface area contributed by atoms with Gasteiger partial charge in [-0.3, -0.25) is 4.79 Å². The Morgan fingerprint density at radius 1 is 1.18 bits per heavy atom. The molecule has 144 valence electrons. The molecule has 1 saturated heterocycles. The van der Waals surface area contributed by atoms with E-state index >= 15 is 0 Å². The number of thiazole rings is 1. The lowest BCUT2D eigenvalue weighted by molar-refractivity contribution is 0.102. The molecule has 1 aliphatic heterocycles. The molecule has 3 heterocycles. The van der Waals surface area contributed by atoms with Gasteiger partial charge in [0.25, 0.3) is 5.91 Å². The van der Waals surface area contributed by atoms with E-state index in [4.69, 9.17) is 9.47 Å². The highest BCUT2D eigenvalue weighted by molar-refractivity contribution is 7.07. The number of pyridine rings is 1. The molecule has 4 rings (SSSR count). The predicted octanol–water partition coefficient (Wildman–Crippen LogP) is 3.21. The van der Waals surface area contributed by atoms with Crippen LogP contribution in [-0.2, 0) is 11.3 Å². The fraction of sp³-hybridized carbons (Fsp3) is 0.250. The largest absolute Gasteiger partial charge is 0.486 e. The third kappa shape index (κ3) is 4.47. The molecule has 0 saturated carbocycles. The van der Waals surface area contributed by atoms with Gasteiger partial charge in [0, 0.05) is 18.5 Å². The second-order valence-corrected chi connectivity index (χ2v) is 6.94. The van der Waals surface area contributed by atoms with E-state index in [1.54, 1.807) is 36.0 Å². The number of benzene rings is 1. The first-order valence-electron chi connectivity index (χ1n) is 8.98. The van der Waals surface area contributed by atoms with Crippen LogP contribution in [0.4, 0.5) is 11.5 Å². The van der Waals surface area contributed by atoms with E-state index in [2.05, 4.69) is 20.2 Å². The van der Waals surface area contributed by atoms with Crippen LogP contribution in [0.5, 0.6) is 5.75 Å². The van der Waals surface area contributed by atoms with Gasteiger partial charge in [0.05, 0.1) is 41.9 Å². The van der Waals surface area contributed by atoms with E-state index in [1.807, 2.05) is 17.5 Å². The summed E-state index contributed by atoms with van der Waals surface area (Å²) < 4.78 is 11.2. The summed E-state index contributed by atoms with van der Waals surface area (Å²) in [4.78, 5) is 23.5. The van der Waals surface area contributed by atoms with E-state index in [0.29, 0.717) is 23.7 Å². The molecule has 0 bridgehead atoms. The summed E-state index contributed by atoms with van der Waals surface area (Å²) in [6.45, 7) is 3.45. The van der Waals surface area contributed by atoms with Crippen LogP contribution in [0.3, 0.4) is 0 Å². The molecule has 0 spiro atoms. The average molecular weight is 396 g/mol. The van der Waals surface area contributed by atoms with E-state index in [1.165, 1.54) is 11.3 Å². The molecule has 8 heteroatoms. The van der Waals surface area contributed by atoms with Crippen LogP contribution in [0.1, 0.15) is 16.1 Å². The average Bonchev–Trinajstić information content (AvgIpc) is 3.27. The second-order valence-electron chi connectivity index (χ2n) is 6.22. The van der Waals surface area contributed by atoms with Gasteiger partial charge in [-0.1, -0.05) is 12.1 Å². The van der Waals surface area contributed by atoms with Gasteiger partial charge in [0.1, 0.15) is 18.2 Å². The molecule has 0 unspecified atom stereocenters. The topological polar surface area (TPSA) is 76.6 Å². The maximum atomic E-state index is 12.7. The van der Waals surface area contributed by atoms with Crippen molar-refractivity contribution in [2.24, 2.45) is 0 Å². The minimum absolute atomic E-state index is 0.263. The number of rotatable bonds is 6. The summed E-state index contributed by atoms with van der Waals surface area (Å²) in [6.07, 6.45) is 1.77. The monoisotopic (exact) mass is 396 g/mol. The Morgan fingerprint density at radius 2 is 2.04 bits per heavy atom. The minimum atomic E-state index is -0.263. The van der Waals surface area contributed by atoms with Crippen LogP contribution in [0.2, 0.25) is 0 Å². The van der Waals surface area contributed by atoms with Gasteiger partial charge in [0.2, 0.25) is 0 Å². The molecular formula is C20H20N4O3S. The quantitative estimate of drug-likeness (QED) is 0.690. The molecule has 28 heavy (non-hydrogen) atoms. The first kappa shape index (κ1) is 18.4. The Bertz CT molecular complexity index is 909. The van der Waals surface area contributed by atoms with Crippen LogP contribution in [0.25, 0.3) is 0 Å². The smallest absolute Gasteiger partial charge is 0.260 e. The number of carbonyl (C=O) groups excluding carboxylic acids is 1. The third-order valence-corrected chi connectivity index (χ3v) is 4.99. The van der Waals surface area contributed by atoms with E-state index in [9.17, 15) is 4.79 Å². The lowest BCUT2D eigenvalue weighted by Gasteiger charge is -2.28. The standard InChI is InChI=1S/C20H20N4O3S/c25-20(17-3-1-2-4-18(17)27-12-15-13-28-14-22-15)23-19-6-5-16(11-21-19)24-7-9-26-10-8-24/h1-6,11,13-14H,7-10,12H2,(H,21,23,25). The van der Waals surface area contributed by atoms with Gasteiger partial charge in [-0.05, 0) is 24.3 Å². The van der Waals surface area contributed by atoms with Crippen molar-refractivity contribution < 1.29 is 14.3 Å². The summed E-state index contributed by atoms with van der Waals surface area (Å²) in [5.74, 6) is 0.745. The molecule has 1 N–H and O–H groups in total. The molecule has 1 fully saturated rings. The van der Waals surface area contributed by atoms with Crippen molar-refractivity contribution in [3.8, 4) is 5.75 Å². The van der Waals surface area contributed by atoms with E-state index in [-0.39, 0.29) is 5.91 Å². The zero-order valence-electron chi connectivity index (χ0n) is 15.2. The normalized spacial score (nSPS) is 13.9. The van der Waals surface area contributed by atoms with Gasteiger partial charge in [-0.2, -0.15) is 0 Å². The molecule has 2 aromatic heterocycles. The molecule has 1 amide bonds. The van der Waals surface area contributed by atoms with Crippen LogP contribution in [0.15, 0.2) is 53.5 Å². The molecule has 0 radical (unpaired) electrons. The Hall–Kier alpha value is -2.97. The highest BCUT2D eigenvalue weighted by Crippen LogP contribution is 2.22. The summed E-state index contributed by atoms with van der Waals surface area (Å²) in [5, 5.41) is 4.75. The third-order valence-electron chi connectivity index (χ3n) is 4.36. The van der Waals surface area contributed by atoms with Crippen molar-refractivity contribution >= 4 is 28.7 Å². The zero-order chi connectivity index (χ0) is 19.2. The summed E-state index contributed by atoms with van der Waals surface area (Å²) in [5.41, 5.74) is 4.06. The fourth-order valence-corrected chi connectivity index (χ4v) is 3.44. The second kappa shape index (κ2) is 8.81. The van der Waals surface area contributed by atoms with E-state index < -0.39 is 0 Å². The van der Waals surface area contributed by atoms with E-state index in [0.717, 1.165) is 37.7 Å². The number of para-hydroxylation sites is 1. The summed E-state index contributed by atoms with van der Waals surface area (Å²) in [6, 6.07) is 10.9. The number of hydrogen-bond acceptors (Lipinski definition) is 7. The Kier molecular flexibility index (Phi) is 5.79. The van der Waals surface area contributed by atoms with Gasteiger partial charge in [-0.15, -0.1) is 11.3 Å². The molecule has 7 nitrogen and oxygen atoms in total. The Labute approximate surface area is 167 Å². The van der Waals surface area contributed by atoms with Crippen LogP contribution < -0.4 is 15.0 Å². The SMILES string of the molecule is O=C(Nc1ccc(N2CCOCC2)cn1)c1ccccc1OCc1cscn1. The summed E-state index contributed by atoms with van der Waals surface area (Å²) >= 11 is 1.51. The van der Waals surface area contributed by atoms with Crippen LogP contribution in [-0.4, -0.2) is 42.2 Å². The number of aromatic nitrogens is 2. The number of ether oxygens (including phenoxy) is 2. The van der Waals surface area contributed by atoms with Crippen molar-refractivity contribution in [1.29, 1.82) is 0 Å². The number of hydrogen-bond donors (Lipinski definition) is 1. The number of amides is 1. The minimum Gasteiger partial charge on any atom is -0.486 e. The lowest BCUT2D eigenvalue weighted by atomic mass is 10.2. The maximum absolute atomic E-state index is 12.7. The highest BCUT2D eigenvalue weighted by atomic mass is 32.1. The number of nitrogens with zero attached hydrogens (tertiary/aromatic N) is 3. The number of carbonyl (C=O) groups is 1. The molecular weight excluding hydrogens is 376 g/mol. The first-order valence-corrected chi connectivity index (χ1v) is 9.93. The Balaban J connectivity index is 1.42. The molecule has 1 aromatic carbocycles. The van der Waals surface area contributed by atoms with Gasteiger partial charge in [-0.25, -0.2) is 9.97 Å². The highest BCUT2D eigenvalue weighted by Gasteiger charge is 2.15. The zero-order valence-corrected chi connectivity index (χ0v) is 16.0. The Morgan fingerprint density at radius 3 is 2.79 bits per heavy atom. The molecule has 1 aliphatic rings. The maximum Gasteiger partial charge on any atom is 0.260 e. The molecule has 0 atom stereocenters. The molecule has 3 aromatic rings. The van der Waals surface area contributed by atoms with Crippen molar-refractivity contribution in [2.75, 3.05) is 36.5 Å². The predicted molar refractivity (Wildman–Crippen MR) is 108 cm³/mol. The van der Waals surface area contributed by atoms with Crippen molar-refractivity contribution in [3.63, 3.8) is 0 Å². The van der Waals surface area contributed by atoms with Gasteiger partial charge in [0.15, 0.2) is 0 Å².